The average molecular weight is 187 g/mol. The lowest BCUT2D eigenvalue weighted by Gasteiger charge is -2.26. The van der Waals surface area contributed by atoms with Crippen LogP contribution in [-0.2, 0) is 4.79 Å². The molecule has 2 rings (SSSR count). The Morgan fingerprint density at radius 3 is 2.79 bits per heavy atom. The molecule has 2 heteroatoms. The van der Waals surface area contributed by atoms with Crippen molar-refractivity contribution in [3.63, 3.8) is 0 Å². The third-order valence-corrected chi connectivity index (χ3v) is 2.55. The van der Waals surface area contributed by atoms with Crippen molar-refractivity contribution in [2.75, 3.05) is 4.90 Å². The Hall–Kier alpha value is -1.57. The van der Waals surface area contributed by atoms with Crippen LogP contribution in [-0.4, -0.2) is 5.91 Å². The highest BCUT2D eigenvalue weighted by Crippen LogP contribution is 2.32. The maximum absolute atomic E-state index is 11.3. The van der Waals surface area contributed by atoms with Crippen molar-refractivity contribution < 1.29 is 4.79 Å². The summed E-state index contributed by atoms with van der Waals surface area (Å²) in [4.78, 5) is 13.0. The molecule has 0 aliphatic carbocycles. The van der Waals surface area contributed by atoms with E-state index in [0.717, 1.165) is 5.69 Å². The smallest absolute Gasteiger partial charge is 0.227 e. The number of allylic oxidation sites excluding steroid dienone is 1. The first-order valence-electron chi connectivity index (χ1n) is 4.77. The van der Waals surface area contributed by atoms with Gasteiger partial charge in [-0.1, -0.05) is 31.2 Å². The van der Waals surface area contributed by atoms with Gasteiger partial charge in [-0.3, -0.25) is 9.69 Å². The Morgan fingerprint density at radius 2 is 2.07 bits per heavy atom. The standard InChI is InChI=1S/C12H13NO/c1-9-7-8-13(10(2)14)12-6-4-3-5-11(9)12/h3-9H,1-2H3. The Bertz CT molecular complexity index is 395. The first-order chi connectivity index (χ1) is 6.70. The van der Waals surface area contributed by atoms with Gasteiger partial charge in [-0.25, -0.2) is 0 Å². The number of carbonyl (C=O) groups excluding carboxylic acids is 1. The molecule has 72 valence electrons. The lowest BCUT2D eigenvalue weighted by atomic mass is 9.96. The van der Waals surface area contributed by atoms with Crippen molar-refractivity contribution in [1.82, 2.24) is 0 Å². The summed E-state index contributed by atoms with van der Waals surface area (Å²) in [6.07, 6.45) is 3.90. The van der Waals surface area contributed by atoms with Crippen molar-refractivity contribution in [3.8, 4) is 0 Å². The van der Waals surface area contributed by atoms with Gasteiger partial charge in [0.1, 0.15) is 0 Å². The fraction of sp³-hybridized carbons (Fsp3) is 0.250. The van der Waals surface area contributed by atoms with Crippen LogP contribution in [0, 0.1) is 0 Å². The number of amides is 1. The van der Waals surface area contributed by atoms with E-state index < -0.39 is 0 Å². The number of anilines is 1. The molecule has 0 aromatic heterocycles. The number of hydrogen-bond acceptors (Lipinski definition) is 1. The number of hydrogen-bond donors (Lipinski definition) is 0. The van der Waals surface area contributed by atoms with Crippen LogP contribution in [0.3, 0.4) is 0 Å². The van der Waals surface area contributed by atoms with E-state index in [9.17, 15) is 4.79 Å². The fourth-order valence-electron chi connectivity index (χ4n) is 1.77. The number of nitrogens with zero attached hydrogens (tertiary/aromatic N) is 1. The van der Waals surface area contributed by atoms with Gasteiger partial charge in [0, 0.05) is 19.0 Å². The number of para-hydroxylation sites is 1. The summed E-state index contributed by atoms with van der Waals surface area (Å²) in [5, 5.41) is 0. The number of rotatable bonds is 0. The van der Waals surface area contributed by atoms with Gasteiger partial charge in [0.15, 0.2) is 0 Å². The third-order valence-electron chi connectivity index (χ3n) is 2.55. The zero-order chi connectivity index (χ0) is 10.1. The largest absolute Gasteiger partial charge is 0.288 e. The molecule has 1 atom stereocenters. The van der Waals surface area contributed by atoms with E-state index in [4.69, 9.17) is 0 Å². The third kappa shape index (κ3) is 1.33. The van der Waals surface area contributed by atoms with Gasteiger partial charge in [0.25, 0.3) is 0 Å². The zero-order valence-electron chi connectivity index (χ0n) is 8.40. The lowest BCUT2D eigenvalue weighted by Crippen LogP contribution is -2.25. The summed E-state index contributed by atoms with van der Waals surface area (Å²) >= 11 is 0. The SMILES string of the molecule is CC(=O)N1C=CC(C)c2ccccc21. The Morgan fingerprint density at radius 1 is 1.36 bits per heavy atom. The molecule has 1 heterocycles. The average Bonchev–Trinajstić information content (AvgIpc) is 2.18. The van der Waals surface area contributed by atoms with E-state index in [0.29, 0.717) is 5.92 Å². The molecule has 1 aromatic rings. The summed E-state index contributed by atoms with van der Waals surface area (Å²) < 4.78 is 0. The molecular weight excluding hydrogens is 174 g/mol. The minimum atomic E-state index is 0.0561. The van der Waals surface area contributed by atoms with E-state index >= 15 is 0 Å². The molecule has 0 N–H and O–H groups in total. The van der Waals surface area contributed by atoms with E-state index in [-0.39, 0.29) is 5.91 Å². The van der Waals surface area contributed by atoms with Crippen molar-refractivity contribution in [2.45, 2.75) is 19.8 Å². The lowest BCUT2D eigenvalue weighted by molar-refractivity contribution is -0.116. The van der Waals surface area contributed by atoms with Crippen molar-refractivity contribution in [2.24, 2.45) is 0 Å². The number of carbonyl (C=O) groups is 1. The van der Waals surface area contributed by atoms with Crippen LogP contribution in [0.25, 0.3) is 0 Å². The first-order valence-corrected chi connectivity index (χ1v) is 4.77. The maximum atomic E-state index is 11.3. The van der Waals surface area contributed by atoms with Crippen molar-refractivity contribution in [1.29, 1.82) is 0 Å². The van der Waals surface area contributed by atoms with Gasteiger partial charge in [-0.15, -0.1) is 0 Å². The monoisotopic (exact) mass is 187 g/mol. The molecule has 0 fully saturated rings. The maximum Gasteiger partial charge on any atom is 0.227 e. The molecule has 1 amide bonds. The minimum absolute atomic E-state index is 0.0561. The van der Waals surface area contributed by atoms with E-state index in [1.54, 1.807) is 11.8 Å². The van der Waals surface area contributed by atoms with Crippen LogP contribution in [0.2, 0.25) is 0 Å². The molecule has 0 radical (unpaired) electrons. The van der Waals surface area contributed by atoms with Crippen LogP contribution in [0.4, 0.5) is 5.69 Å². The van der Waals surface area contributed by atoms with Gasteiger partial charge in [0.2, 0.25) is 5.91 Å². The second-order valence-electron chi connectivity index (χ2n) is 3.58. The van der Waals surface area contributed by atoms with E-state index in [1.807, 2.05) is 30.5 Å². The predicted octanol–water partition coefficient (Wildman–Crippen LogP) is 2.67. The number of benzene rings is 1. The summed E-state index contributed by atoms with van der Waals surface area (Å²) in [7, 11) is 0. The summed E-state index contributed by atoms with van der Waals surface area (Å²) in [5.41, 5.74) is 2.22. The molecular formula is C12H13NO. The van der Waals surface area contributed by atoms with Crippen LogP contribution < -0.4 is 4.90 Å². The molecule has 0 bridgehead atoms. The predicted molar refractivity (Wildman–Crippen MR) is 57.2 cm³/mol. The topological polar surface area (TPSA) is 20.3 Å². The fourth-order valence-corrected chi connectivity index (χ4v) is 1.77. The Balaban J connectivity index is 2.52. The highest BCUT2D eigenvalue weighted by atomic mass is 16.2. The molecule has 1 aliphatic rings. The summed E-state index contributed by atoms with van der Waals surface area (Å²) in [5.74, 6) is 0.447. The Labute approximate surface area is 83.8 Å². The highest BCUT2D eigenvalue weighted by molar-refractivity contribution is 5.95. The second-order valence-corrected chi connectivity index (χ2v) is 3.58. The minimum Gasteiger partial charge on any atom is -0.288 e. The van der Waals surface area contributed by atoms with E-state index in [1.165, 1.54) is 5.56 Å². The molecule has 1 aliphatic heterocycles. The Kier molecular flexibility index (Phi) is 2.12. The second kappa shape index (κ2) is 3.29. The van der Waals surface area contributed by atoms with Crippen LogP contribution in [0.5, 0.6) is 0 Å². The van der Waals surface area contributed by atoms with E-state index in [2.05, 4.69) is 13.0 Å². The van der Waals surface area contributed by atoms with Crippen LogP contribution >= 0.6 is 0 Å². The molecule has 2 nitrogen and oxygen atoms in total. The highest BCUT2D eigenvalue weighted by Gasteiger charge is 2.19. The molecule has 0 saturated carbocycles. The molecule has 1 aromatic carbocycles. The van der Waals surface area contributed by atoms with Gasteiger partial charge in [-0.2, -0.15) is 0 Å². The number of fused-ring (bicyclic) bond motifs is 1. The van der Waals surface area contributed by atoms with Crippen LogP contribution in [0.15, 0.2) is 36.5 Å². The van der Waals surface area contributed by atoms with Gasteiger partial charge in [0.05, 0.1) is 5.69 Å². The van der Waals surface area contributed by atoms with Crippen molar-refractivity contribution in [3.05, 3.63) is 42.1 Å². The molecule has 0 spiro atoms. The van der Waals surface area contributed by atoms with Crippen LogP contribution in [0.1, 0.15) is 25.3 Å². The normalized spacial score (nSPS) is 19.3. The molecule has 0 saturated heterocycles. The summed E-state index contributed by atoms with van der Waals surface area (Å²) in [6.45, 7) is 3.71. The quantitative estimate of drug-likeness (QED) is 0.611. The molecule has 1 unspecified atom stereocenters. The molecule has 14 heavy (non-hydrogen) atoms. The zero-order valence-corrected chi connectivity index (χ0v) is 8.40. The van der Waals surface area contributed by atoms with Crippen molar-refractivity contribution >= 4 is 11.6 Å². The van der Waals surface area contributed by atoms with Gasteiger partial charge >= 0.3 is 0 Å². The first kappa shape index (κ1) is 9.00. The van der Waals surface area contributed by atoms with Gasteiger partial charge < -0.3 is 0 Å². The summed E-state index contributed by atoms with van der Waals surface area (Å²) in [6, 6.07) is 8.02. The van der Waals surface area contributed by atoms with Gasteiger partial charge in [-0.05, 0) is 11.6 Å².